The predicted octanol–water partition coefficient (Wildman–Crippen LogP) is 7.69. The van der Waals surface area contributed by atoms with E-state index in [2.05, 4.69) is 73.6 Å². The van der Waals surface area contributed by atoms with Crippen LogP contribution < -0.4 is 9.47 Å². The Morgan fingerprint density at radius 2 is 1.95 bits per heavy atom. The lowest BCUT2D eigenvalue weighted by molar-refractivity contribution is -0.665. The minimum atomic E-state index is -4.27. The van der Waals surface area contributed by atoms with Crippen molar-refractivity contribution in [3.63, 3.8) is 0 Å². The van der Waals surface area contributed by atoms with Gasteiger partial charge in [0.15, 0.2) is 0 Å². The molecule has 9 heteroatoms. The second-order valence-corrected chi connectivity index (χ2v) is 15.2. The summed E-state index contributed by atoms with van der Waals surface area (Å²) in [5, 5.41) is 2.91. The highest BCUT2D eigenvalue weighted by molar-refractivity contribution is 8.03. The van der Waals surface area contributed by atoms with Crippen LogP contribution in [0, 0.1) is 12.3 Å². The number of halogens is 1. The average Bonchev–Trinajstić information content (AvgIpc) is 3.33. The molecule has 1 aromatic heterocycles. The van der Waals surface area contributed by atoms with Crippen LogP contribution in [0.25, 0.3) is 16.3 Å². The Kier molecular flexibility index (Phi) is 8.06. The fourth-order valence-corrected chi connectivity index (χ4v) is 8.44. The molecule has 0 fully saturated rings. The topological polar surface area (TPSA) is 64.3 Å². The molecule has 1 aliphatic heterocycles. The summed E-state index contributed by atoms with van der Waals surface area (Å²) in [5.74, 6) is -0.383. The van der Waals surface area contributed by atoms with Crippen molar-refractivity contribution in [2.45, 2.75) is 58.4 Å². The van der Waals surface area contributed by atoms with Gasteiger partial charge in [0, 0.05) is 34.4 Å². The van der Waals surface area contributed by atoms with Crippen molar-refractivity contribution < 1.29 is 17.5 Å². The maximum atomic E-state index is 11.2. The van der Waals surface area contributed by atoms with E-state index < -0.39 is 10.1 Å². The second kappa shape index (κ2) is 11.1. The molecule has 0 unspecified atom stereocenters. The van der Waals surface area contributed by atoms with Gasteiger partial charge in [0.1, 0.15) is 11.2 Å². The Morgan fingerprint density at radius 1 is 1.15 bits per heavy atom. The fourth-order valence-electron chi connectivity index (χ4n) is 5.47. The Hall–Kier alpha value is -2.10. The van der Waals surface area contributed by atoms with Crippen molar-refractivity contribution in [2.24, 2.45) is 5.41 Å². The zero-order valence-corrected chi connectivity index (χ0v) is 25.9. The molecule has 0 bridgehead atoms. The van der Waals surface area contributed by atoms with E-state index in [9.17, 15) is 13.0 Å². The van der Waals surface area contributed by atoms with Crippen LogP contribution in [0.4, 0.5) is 5.69 Å². The van der Waals surface area contributed by atoms with Gasteiger partial charge in [-0.15, -0.1) is 0 Å². The first-order valence-electron chi connectivity index (χ1n) is 13.2. The van der Waals surface area contributed by atoms with Gasteiger partial charge in [-0.05, 0) is 85.6 Å². The van der Waals surface area contributed by atoms with Gasteiger partial charge in [-0.2, -0.15) is 4.57 Å². The summed E-state index contributed by atoms with van der Waals surface area (Å²) in [6.45, 7) is 10.3. The number of hydrogen-bond donors (Lipinski definition) is 0. The molecule has 3 aromatic rings. The van der Waals surface area contributed by atoms with Crippen LogP contribution in [-0.4, -0.2) is 25.3 Å². The molecule has 0 saturated heterocycles. The Balaban J connectivity index is 1.51. The molecule has 2 aliphatic rings. The van der Waals surface area contributed by atoms with E-state index in [4.69, 9.17) is 11.6 Å². The number of nitrogens with zero attached hydrogens (tertiary/aromatic N) is 2. The zero-order chi connectivity index (χ0) is 27.9. The van der Waals surface area contributed by atoms with Crippen molar-refractivity contribution >= 4 is 66.8 Å². The van der Waals surface area contributed by atoms with Crippen molar-refractivity contribution in [2.75, 3.05) is 17.2 Å². The molecule has 5 nitrogen and oxygen atoms in total. The summed E-state index contributed by atoms with van der Waals surface area (Å²) in [5.41, 5.74) is 6.14. The minimum Gasteiger partial charge on any atom is -0.748 e. The van der Waals surface area contributed by atoms with E-state index in [1.807, 2.05) is 29.5 Å². The molecule has 0 spiro atoms. The van der Waals surface area contributed by atoms with E-state index in [0.29, 0.717) is 11.6 Å². The number of aryl methyl sites for hydroxylation is 2. The highest BCUT2D eigenvalue weighted by atomic mass is 35.5. The number of benzene rings is 2. The third-order valence-electron chi connectivity index (χ3n) is 7.02. The highest BCUT2D eigenvalue weighted by Crippen LogP contribution is 2.48. The molecule has 206 valence electrons. The number of aromatic nitrogens is 1. The second-order valence-electron chi connectivity index (χ2n) is 11.1. The molecule has 2 heterocycles. The number of thioether (sulfide) groups is 1. The van der Waals surface area contributed by atoms with E-state index in [-0.39, 0.29) is 17.6 Å². The lowest BCUT2D eigenvalue weighted by Crippen LogP contribution is -2.33. The van der Waals surface area contributed by atoms with Gasteiger partial charge in [0.05, 0.1) is 20.8 Å². The van der Waals surface area contributed by atoms with Crippen molar-refractivity contribution in [3.05, 3.63) is 80.3 Å². The predicted molar refractivity (Wildman–Crippen MR) is 163 cm³/mol. The molecule has 1 aliphatic carbocycles. The Bertz CT molecular complexity index is 1630. The van der Waals surface area contributed by atoms with Crippen LogP contribution in [0.15, 0.2) is 69.6 Å². The molecule has 39 heavy (non-hydrogen) atoms. The van der Waals surface area contributed by atoms with Gasteiger partial charge in [-0.25, -0.2) is 8.42 Å². The number of hydrogen-bond acceptors (Lipinski definition) is 6. The third kappa shape index (κ3) is 6.63. The fraction of sp³-hybridized carbons (Fsp3) is 0.367. The SMILES string of the molecule is CC[n+]1c(C=C2C=C(C=C3Sc4ccc(Cl)cc4N3CCCS(=O)(=O)[O-])CC(C)(C)C2)sc2ccc(C)cc21. The number of anilines is 1. The molecule has 2 aromatic carbocycles. The van der Waals surface area contributed by atoms with Crippen molar-refractivity contribution in [1.29, 1.82) is 0 Å². The van der Waals surface area contributed by atoms with Gasteiger partial charge in [0.25, 0.3) is 5.01 Å². The third-order valence-corrected chi connectivity index (χ3v) is 10.3. The highest BCUT2D eigenvalue weighted by Gasteiger charge is 2.29. The van der Waals surface area contributed by atoms with Crippen LogP contribution in [-0.2, 0) is 16.7 Å². The lowest BCUT2D eigenvalue weighted by Gasteiger charge is -2.31. The minimum absolute atomic E-state index is 0.0954. The summed E-state index contributed by atoms with van der Waals surface area (Å²) in [4.78, 5) is 3.18. The maximum absolute atomic E-state index is 11.2. The largest absolute Gasteiger partial charge is 0.748 e. The average molecular weight is 601 g/mol. The van der Waals surface area contributed by atoms with Crippen molar-refractivity contribution in [1.82, 2.24) is 0 Å². The summed E-state index contributed by atoms with van der Waals surface area (Å²) in [6, 6.07) is 12.4. The normalized spacial score (nSPS) is 19.2. The number of thiazole rings is 1. The van der Waals surface area contributed by atoms with Gasteiger partial charge >= 0.3 is 0 Å². The van der Waals surface area contributed by atoms with Gasteiger partial charge in [-0.1, -0.05) is 60.7 Å². The van der Waals surface area contributed by atoms with Gasteiger partial charge < -0.3 is 9.45 Å². The molecule has 0 N–H and O–H groups in total. The van der Waals surface area contributed by atoms with Crippen LogP contribution in [0.5, 0.6) is 0 Å². The number of fused-ring (bicyclic) bond motifs is 2. The first-order chi connectivity index (χ1) is 18.4. The quantitative estimate of drug-likeness (QED) is 0.205. The van der Waals surface area contributed by atoms with Gasteiger partial charge in [0.2, 0.25) is 5.52 Å². The molecule has 5 rings (SSSR count). The monoisotopic (exact) mass is 600 g/mol. The van der Waals surface area contributed by atoms with E-state index in [1.165, 1.54) is 31.9 Å². The van der Waals surface area contributed by atoms with E-state index in [1.54, 1.807) is 11.8 Å². The van der Waals surface area contributed by atoms with E-state index in [0.717, 1.165) is 35.0 Å². The molecule has 0 atom stereocenters. The molecule has 0 radical (unpaired) electrons. The smallest absolute Gasteiger partial charge is 0.263 e. The van der Waals surface area contributed by atoms with Crippen LogP contribution >= 0.6 is 34.7 Å². The van der Waals surface area contributed by atoms with Crippen molar-refractivity contribution in [3.8, 4) is 0 Å². The Morgan fingerprint density at radius 3 is 2.69 bits per heavy atom. The summed E-state index contributed by atoms with van der Waals surface area (Å²) >= 11 is 9.80. The van der Waals surface area contributed by atoms with Crippen LogP contribution in [0.3, 0.4) is 0 Å². The number of rotatable bonds is 7. The van der Waals surface area contributed by atoms with Crippen LogP contribution in [0.1, 0.15) is 50.6 Å². The summed E-state index contributed by atoms with van der Waals surface area (Å²) in [6.07, 6.45) is 9.06. The Labute approximate surface area is 244 Å². The first kappa shape index (κ1) is 28.4. The molecular weight excluding hydrogens is 568 g/mol. The first-order valence-corrected chi connectivity index (χ1v) is 16.7. The molecular formula is C30H33ClN2O3S3. The zero-order valence-electron chi connectivity index (χ0n) is 22.7. The van der Waals surface area contributed by atoms with E-state index >= 15 is 0 Å². The molecule has 0 amide bonds. The summed E-state index contributed by atoms with van der Waals surface area (Å²) in [7, 11) is -4.27. The maximum Gasteiger partial charge on any atom is 0.263 e. The number of allylic oxidation sites excluding steroid dienone is 4. The standard InChI is InChI=1S/C30H33ClN2O3S3/c1-5-32-24-13-20(2)7-9-26(24)37-28(32)15-21-14-22(19-30(3,4)18-21)16-29-33(11-6-12-39(34,35)36)25-17-23(31)8-10-27(25)38-29/h7-10,13-17H,5-6,11-12,18-19H2,1-4H3. The van der Waals surface area contributed by atoms with Gasteiger partial charge in [-0.3, -0.25) is 0 Å². The molecule has 0 saturated carbocycles. The lowest BCUT2D eigenvalue weighted by atomic mass is 9.75. The van der Waals surface area contributed by atoms with Crippen LogP contribution in [0.2, 0.25) is 5.02 Å². The summed E-state index contributed by atoms with van der Waals surface area (Å²) < 4.78 is 37.4.